The van der Waals surface area contributed by atoms with Gasteiger partial charge in [-0.2, -0.15) is 0 Å². The number of carbonyl (C=O) groups excluding carboxylic acids is 2. The Kier molecular flexibility index (Phi) is 7.59. The van der Waals surface area contributed by atoms with E-state index in [4.69, 9.17) is 0 Å². The second-order valence-electron chi connectivity index (χ2n) is 8.12. The van der Waals surface area contributed by atoms with Crippen molar-refractivity contribution < 1.29 is 19.5 Å². The molecule has 0 fully saturated rings. The summed E-state index contributed by atoms with van der Waals surface area (Å²) in [7, 11) is 0. The van der Waals surface area contributed by atoms with Crippen LogP contribution in [0.3, 0.4) is 0 Å². The number of carbonyl (C=O) groups is 3. The summed E-state index contributed by atoms with van der Waals surface area (Å²) in [6.45, 7) is 5.04. The minimum atomic E-state index is -1.48. The normalized spacial score (nSPS) is 14.3. The highest BCUT2D eigenvalue weighted by molar-refractivity contribution is 5.97. The van der Waals surface area contributed by atoms with E-state index in [2.05, 4.69) is 10.6 Å². The van der Waals surface area contributed by atoms with Crippen molar-refractivity contribution >= 4 is 17.8 Å². The summed E-state index contributed by atoms with van der Waals surface area (Å²) in [4.78, 5) is 48.3. The third-order valence-corrected chi connectivity index (χ3v) is 5.24. The highest BCUT2D eigenvalue weighted by Gasteiger charge is 2.31. The van der Waals surface area contributed by atoms with Crippen LogP contribution in [-0.2, 0) is 29.0 Å². The van der Waals surface area contributed by atoms with Crippen LogP contribution in [0.4, 0.5) is 0 Å². The number of fused-ring (bicyclic) bond motifs is 1. The third kappa shape index (κ3) is 5.92. The number of aryl methyl sites for hydroxylation is 1. The Hall–Kier alpha value is -2.64. The van der Waals surface area contributed by atoms with Gasteiger partial charge in [0.1, 0.15) is 11.1 Å². The zero-order chi connectivity index (χ0) is 21.6. The van der Waals surface area contributed by atoms with Gasteiger partial charge in [-0.15, -0.1) is 0 Å². The summed E-state index contributed by atoms with van der Waals surface area (Å²) < 4.78 is 1.64. The third-order valence-electron chi connectivity index (χ3n) is 5.24. The minimum Gasteiger partial charge on any atom is -0.480 e. The highest BCUT2D eigenvalue weighted by Crippen LogP contribution is 2.20. The summed E-state index contributed by atoms with van der Waals surface area (Å²) in [5, 5.41) is 14.4. The van der Waals surface area contributed by atoms with E-state index in [0.29, 0.717) is 19.5 Å². The first kappa shape index (κ1) is 22.6. The van der Waals surface area contributed by atoms with Gasteiger partial charge in [0.15, 0.2) is 0 Å². The summed E-state index contributed by atoms with van der Waals surface area (Å²) in [5.41, 5.74) is 0.00186. The summed E-state index contributed by atoms with van der Waals surface area (Å²) in [6.07, 6.45) is 6.30. The predicted molar refractivity (Wildman–Crippen MR) is 109 cm³/mol. The molecule has 2 rings (SSSR count). The number of pyridine rings is 1. The van der Waals surface area contributed by atoms with Crippen molar-refractivity contribution in [1.29, 1.82) is 0 Å². The molecular weight excluding hydrogens is 374 g/mol. The molecule has 3 N–H and O–H groups in total. The van der Waals surface area contributed by atoms with Crippen LogP contribution >= 0.6 is 0 Å². The molecule has 1 aliphatic carbocycles. The van der Waals surface area contributed by atoms with Crippen LogP contribution in [0.15, 0.2) is 10.9 Å². The molecule has 0 spiro atoms. The first-order chi connectivity index (χ1) is 13.6. The maximum absolute atomic E-state index is 13.1. The van der Waals surface area contributed by atoms with E-state index in [1.807, 2.05) is 0 Å². The largest absolute Gasteiger partial charge is 0.480 e. The number of nitrogens with zero attached hydrogens (tertiary/aromatic N) is 1. The van der Waals surface area contributed by atoms with E-state index < -0.39 is 23.0 Å². The molecule has 1 aromatic rings. The molecule has 1 aliphatic rings. The van der Waals surface area contributed by atoms with Gasteiger partial charge in [0, 0.05) is 25.7 Å². The van der Waals surface area contributed by atoms with Crippen molar-refractivity contribution in [3.05, 3.63) is 33.2 Å². The van der Waals surface area contributed by atoms with E-state index >= 15 is 0 Å². The first-order valence-corrected chi connectivity index (χ1v) is 10.2. The lowest BCUT2D eigenvalue weighted by atomic mass is 9.95. The summed E-state index contributed by atoms with van der Waals surface area (Å²) in [5.74, 6) is -1.98. The van der Waals surface area contributed by atoms with Gasteiger partial charge in [0.05, 0.1) is 0 Å². The molecule has 2 amide bonds. The van der Waals surface area contributed by atoms with Crippen LogP contribution in [0.2, 0.25) is 0 Å². The number of nitrogens with one attached hydrogen (secondary N) is 2. The van der Waals surface area contributed by atoms with E-state index in [0.717, 1.165) is 49.8 Å². The molecule has 1 aromatic heterocycles. The van der Waals surface area contributed by atoms with Crippen LogP contribution in [0.1, 0.15) is 74.5 Å². The fourth-order valence-electron chi connectivity index (χ4n) is 3.54. The molecule has 8 nitrogen and oxygen atoms in total. The topological polar surface area (TPSA) is 118 Å². The van der Waals surface area contributed by atoms with Gasteiger partial charge in [0.2, 0.25) is 5.91 Å². The molecule has 160 valence electrons. The first-order valence-electron chi connectivity index (χ1n) is 10.2. The molecule has 0 saturated carbocycles. The average Bonchev–Trinajstić information content (AvgIpc) is 2.60. The number of hydrogen-bond acceptors (Lipinski definition) is 4. The van der Waals surface area contributed by atoms with Crippen LogP contribution in [-0.4, -0.2) is 39.5 Å². The molecule has 0 unspecified atom stereocenters. The van der Waals surface area contributed by atoms with E-state index in [9.17, 15) is 24.3 Å². The van der Waals surface area contributed by atoms with Crippen molar-refractivity contribution in [3.63, 3.8) is 0 Å². The van der Waals surface area contributed by atoms with Crippen molar-refractivity contribution in [2.45, 2.75) is 77.8 Å². The molecule has 0 saturated heterocycles. The summed E-state index contributed by atoms with van der Waals surface area (Å²) >= 11 is 0. The Morgan fingerprint density at radius 2 is 1.79 bits per heavy atom. The molecule has 29 heavy (non-hydrogen) atoms. The lowest BCUT2D eigenvalue weighted by Gasteiger charge is -2.23. The maximum Gasteiger partial charge on any atom is 0.328 e. The summed E-state index contributed by atoms with van der Waals surface area (Å²) in [6, 6.07) is 1.64. The Balaban J connectivity index is 2.41. The van der Waals surface area contributed by atoms with E-state index in [1.54, 1.807) is 10.6 Å². The Morgan fingerprint density at radius 3 is 2.41 bits per heavy atom. The molecule has 0 aromatic carbocycles. The zero-order valence-electron chi connectivity index (χ0n) is 17.5. The van der Waals surface area contributed by atoms with Gasteiger partial charge in [-0.25, -0.2) is 4.79 Å². The fraction of sp³-hybridized carbons (Fsp3) is 0.619. The Labute approximate surface area is 170 Å². The number of carboxylic acids is 1. The Bertz CT molecular complexity index is 841. The van der Waals surface area contributed by atoms with Crippen molar-refractivity contribution in [3.8, 4) is 0 Å². The number of aliphatic carboxylic acids is 1. The SMILES string of the molecule is CC(=O)NCCCn1c2c(cc(C(=O)NC(C)(C)C(=O)O)c1=O)CCCCCC2. The van der Waals surface area contributed by atoms with Gasteiger partial charge in [-0.1, -0.05) is 12.8 Å². The standard InChI is InChI=1S/C21H31N3O5/c1-14(25)22-11-8-12-24-17-10-7-5-4-6-9-15(17)13-16(19(24)27)18(26)23-21(2,3)20(28)29/h13H,4-12H2,1-3H3,(H,22,25)(H,23,26)(H,28,29). The van der Waals surface area contributed by atoms with Crippen LogP contribution in [0.25, 0.3) is 0 Å². The van der Waals surface area contributed by atoms with E-state index in [1.165, 1.54) is 20.8 Å². The molecule has 0 bridgehead atoms. The second kappa shape index (κ2) is 9.71. The molecule has 1 heterocycles. The lowest BCUT2D eigenvalue weighted by molar-refractivity contribution is -0.143. The van der Waals surface area contributed by atoms with Gasteiger partial charge in [0.25, 0.3) is 11.5 Å². The van der Waals surface area contributed by atoms with Gasteiger partial charge in [-0.05, 0) is 57.6 Å². The molecule has 0 radical (unpaired) electrons. The zero-order valence-corrected chi connectivity index (χ0v) is 17.5. The number of carboxylic acid groups (broad SMARTS) is 1. The quantitative estimate of drug-likeness (QED) is 0.596. The van der Waals surface area contributed by atoms with Crippen LogP contribution in [0.5, 0.6) is 0 Å². The van der Waals surface area contributed by atoms with E-state index in [-0.39, 0.29) is 11.5 Å². The molecular formula is C21H31N3O5. The predicted octanol–water partition coefficient (Wildman–Crippen LogP) is 1.63. The second-order valence-corrected chi connectivity index (χ2v) is 8.12. The van der Waals surface area contributed by atoms with Gasteiger partial charge in [-0.3, -0.25) is 14.4 Å². The molecule has 0 atom stereocenters. The number of aromatic nitrogens is 1. The smallest absolute Gasteiger partial charge is 0.328 e. The molecule has 8 heteroatoms. The van der Waals surface area contributed by atoms with Crippen molar-refractivity contribution in [2.75, 3.05) is 6.54 Å². The fourth-order valence-corrected chi connectivity index (χ4v) is 3.54. The monoisotopic (exact) mass is 405 g/mol. The highest BCUT2D eigenvalue weighted by atomic mass is 16.4. The van der Waals surface area contributed by atoms with Gasteiger partial charge >= 0.3 is 5.97 Å². The number of rotatable bonds is 7. The van der Waals surface area contributed by atoms with Crippen LogP contribution < -0.4 is 16.2 Å². The number of amides is 2. The number of hydrogen-bond donors (Lipinski definition) is 3. The van der Waals surface area contributed by atoms with Crippen LogP contribution in [0, 0.1) is 0 Å². The van der Waals surface area contributed by atoms with Crippen molar-refractivity contribution in [1.82, 2.24) is 15.2 Å². The lowest BCUT2D eigenvalue weighted by Crippen LogP contribution is -2.51. The average molecular weight is 405 g/mol. The maximum atomic E-state index is 13.1. The minimum absolute atomic E-state index is 0.0295. The molecule has 0 aliphatic heterocycles. The van der Waals surface area contributed by atoms with Gasteiger partial charge < -0.3 is 20.3 Å². The Morgan fingerprint density at radius 1 is 1.14 bits per heavy atom. The van der Waals surface area contributed by atoms with Crippen molar-refractivity contribution in [2.24, 2.45) is 0 Å².